The highest BCUT2D eigenvalue weighted by Crippen LogP contribution is 2.39. The largest absolute Gasteiger partial charge is 0.508 e. The van der Waals surface area contributed by atoms with Crippen molar-refractivity contribution in [2.75, 3.05) is 67.6 Å². The molecule has 2 aromatic carbocycles. The Bertz CT molecular complexity index is 1640. The summed E-state index contributed by atoms with van der Waals surface area (Å²) in [5.41, 5.74) is 2.70. The molecule has 1 N–H and O–H groups in total. The van der Waals surface area contributed by atoms with Gasteiger partial charge in [0, 0.05) is 69.0 Å². The summed E-state index contributed by atoms with van der Waals surface area (Å²) in [5, 5.41) is 22.3. The van der Waals surface area contributed by atoms with Crippen LogP contribution in [0.5, 0.6) is 11.8 Å². The minimum absolute atomic E-state index is 0.164. The zero-order valence-electron chi connectivity index (χ0n) is 27.1. The molecule has 0 saturated carbocycles. The first-order valence-corrected chi connectivity index (χ1v) is 16.3. The number of hydrogen-bond donors (Lipinski definition) is 1. The van der Waals surface area contributed by atoms with Gasteiger partial charge in [0.1, 0.15) is 18.0 Å². The molecule has 2 saturated heterocycles. The second-order valence-electron chi connectivity index (χ2n) is 12.8. The maximum absolute atomic E-state index is 12.7. The van der Waals surface area contributed by atoms with Crippen molar-refractivity contribution in [3.63, 3.8) is 0 Å². The minimum Gasteiger partial charge on any atom is -0.508 e. The van der Waals surface area contributed by atoms with Crippen molar-refractivity contribution < 1.29 is 14.6 Å². The van der Waals surface area contributed by atoms with Crippen LogP contribution in [0.25, 0.3) is 10.8 Å². The van der Waals surface area contributed by atoms with Crippen molar-refractivity contribution in [2.24, 2.45) is 0 Å². The molecule has 0 unspecified atom stereocenters. The maximum atomic E-state index is 12.7. The molecule has 6 rings (SSSR count). The summed E-state index contributed by atoms with van der Waals surface area (Å²) >= 11 is 0. The first kappa shape index (κ1) is 31.4. The Morgan fingerprint density at radius 2 is 1.93 bits per heavy atom. The van der Waals surface area contributed by atoms with E-state index in [0.29, 0.717) is 64.0 Å². The number of hydrogen-bond acceptors (Lipinski definition) is 10. The summed E-state index contributed by atoms with van der Waals surface area (Å²) in [5.74, 6) is 0.814. The fourth-order valence-corrected chi connectivity index (χ4v) is 7.26. The van der Waals surface area contributed by atoms with Crippen molar-refractivity contribution in [3.8, 4) is 17.8 Å². The number of rotatable bonds is 8. The SMILES string of the molecule is C=CC(=O)N1CCN(c2nc(OC[C@@H]3CCCN3C(C)C)nc3c2N(C)CCN(c2cc(O)cc4ccccc24)C3)C[C@@H]1CC#N. The van der Waals surface area contributed by atoms with Crippen LogP contribution in [0.3, 0.4) is 0 Å². The van der Waals surface area contributed by atoms with Gasteiger partial charge in [0.15, 0.2) is 5.82 Å². The van der Waals surface area contributed by atoms with Crippen LogP contribution in [-0.2, 0) is 11.3 Å². The first-order valence-electron chi connectivity index (χ1n) is 16.3. The number of likely N-dealkylation sites (tertiary alicyclic amines) is 1. The maximum Gasteiger partial charge on any atom is 0.318 e. The predicted octanol–water partition coefficient (Wildman–Crippen LogP) is 4.16. The second-order valence-corrected chi connectivity index (χ2v) is 12.8. The minimum atomic E-state index is -0.288. The number of carbonyl (C=O) groups excluding carboxylic acids is 1. The topological polar surface area (TPSA) is 112 Å². The average molecular weight is 625 g/mol. The Balaban J connectivity index is 1.39. The van der Waals surface area contributed by atoms with Gasteiger partial charge in [-0.2, -0.15) is 15.2 Å². The number of phenols is 1. The van der Waals surface area contributed by atoms with E-state index >= 15 is 0 Å². The number of nitrogens with zero attached hydrogens (tertiary/aromatic N) is 8. The van der Waals surface area contributed by atoms with Gasteiger partial charge in [-0.05, 0) is 50.8 Å². The standard InChI is InChI=1S/C35H44N8O3/c1-5-32(45)43-18-17-41(21-26(43)12-13-36)34-33-30(37-35(38-34)46-23-27-10-8-14-42(27)24(2)3)22-40(16-15-39(33)4)31-20-28(44)19-25-9-6-7-11-29(25)31/h5-7,9,11,19-20,24,26-27,44H,1,8,10,12,14-18,21-23H2,2-4H3/t26-,27-/m0/s1. The lowest BCUT2D eigenvalue weighted by Crippen LogP contribution is -2.55. The van der Waals surface area contributed by atoms with Gasteiger partial charge in [0.2, 0.25) is 5.91 Å². The summed E-state index contributed by atoms with van der Waals surface area (Å²) in [7, 11) is 2.06. The third-order valence-corrected chi connectivity index (χ3v) is 9.57. The van der Waals surface area contributed by atoms with Gasteiger partial charge in [-0.3, -0.25) is 9.69 Å². The third kappa shape index (κ3) is 6.27. The highest BCUT2D eigenvalue weighted by molar-refractivity contribution is 5.96. The van der Waals surface area contributed by atoms with Crippen LogP contribution in [0.4, 0.5) is 17.2 Å². The lowest BCUT2D eigenvalue weighted by atomic mass is 10.1. The van der Waals surface area contributed by atoms with Crippen LogP contribution in [0.1, 0.15) is 38.8 Å². The summed E-state index contributed by atoms with van der Waals surface area (Å²) in [6.45, 7) is 13.1. The Morgan fingerprint density at radius 3 is 2.72 bits per heavy atom. The molecule has 11 nitrogen and oxygen atoms in total. The van der Waals surface area contributed by atoms with E-state index in [-0.39, 0.29) is 24.1 Å². The van der Waals surface area contributed by atoms with Crippen LogP contribution in [0.15, 0.2) is 49.1 Å². The van der Waals surface area contributed by atoms with E-state index in [1.54, 1.807) is 11.0 Å². The zero-order chi connectivity index (χ0) is 32.4. The molecule has 0 spiro atoms. The zero-order valence-corrected chi connectivity index (χ0v) is 27.1. The lowest BCUT2D eigenvalue weighted by Gasteiger charge is -2.41. The molecular weight excluding hydrogens is 580 g/mol. The smallest absolute Gasteiger partial charge is 0.318 e. The van der Waals surface area contributed by atoms with Crippen LogP contribution in [-0.4, -0.2) is 102 Å². The number of ether oxygens (including phenoxy) is 1. The number of amides is 1. The molecule has 4 heterocycles. The summed E-state index contributed by atoms with van der Waals surface area (Å²) in [6, 6.07) is 14.8. The molecule has 0 aliphatic carbocycles. The van der Waals surface area contributed by atoms with Crippen molar-refractivity contribution in [1.82, 2.24) is 19.8 Å². The van der Waals surface area contributed by atoms with Crippen LogP contribution in [0.2, 0.25) is 0 Å². The highest BCUT2D eigenvalue weighted by Gasteiger charge is 2.35. The molecule has 0 radical (unpaired) electrons. The lowest BCUT2D eigenvalue weighted by molar-refractivity contribution is -0.128. The number of aromatic nitrogens is 2. The molecule has 242 valence electrons. The van der Waals surface area contributed by atoms with Crippen LogP contribution < -0.4 is 19.4 Å². The molecule has 1 aromatic heterocycles. The number of likely N-dealkylation sites (N-methyl/N-ethyl adjacent to an activating group) is 1. The second kappa shape index (κ2) is 13.4. The molecular formula is C35H44N8O3. The Labute approximate surface area is 271 Å². The van der Waals surface area contributed by atoms with Crippen molar-refractivity contribution in [3.05, 3.63) is 54.7 Å². The molecule has 0 bridgehead atoms. The number of piperazine rings is 1. The molecule has 11 heteroatoms. The van der Waals surface area contributed by atoms with Gasteiger partial charge in [0.25, 0.3) is 0 Å². The van der Waals surface area contributed by atoms with Gasteiger partial charge in [0.05, 0.1) is 30.8 Å². The van der Waals surface area contributed by atoms with Crippen LogP contribution in [0, 0.1) is 11.3 Å². The van der Waals surface area contributed by atoms with E-state index in [0.717, 1.165) is 53.0 Å². The summed E-state index contributed by atoms with van der Waals surface area (Å²) in [6.07, 6.45) is 3.76. The fraction of sp³-hybridized carbons (Fsp3) is 0.486. The van der Waals surface area contributed by atoms with E-state index in [1.165, 1.54) is 6.08 Å². The van der Waals surface area contributed by atoms with Gasteiger partial charge in [-0.1, -0.05) is 30.8 Å². The number of phenolic OH excluding ortho intramolecular Hbond substituents is 1. The Kier molecular flexibility index (Phi) is 9.17. The molecule has 3 aromatic rings. The number of fused-ring (bicyclic) bond motifs is 2. The van der Waals surface area contributed by atoms with E-state index in [1.807, 2.05) is 24.3 Å². The predicted molar refractivity (Wildman–Crippen MR) is 180 cm³/mol. The molecule has 46 heavy (non-hydrogen) atoms. The first-order chi connectivity index (χ1) is 22.3. The van der Waals surface area contributed by atoms with Gasteiger partial charge in [-0.25, -0.2) is 0 Å². The fourth-order valence-electron chi connectivity index (χ4n) is 7.26. The van der Waals surface area contributed by atoms with Gasteiger partial charge in [-0.15, -0.1) is 0 Å². The number of benzene rings is 2. The molecule has 2 atom stereocenters. The van der Waals surface area contributed by atoms with E-state index < -0.39 is 0 Å². The van der Waals surface area contributed by atoms with Gasteiger partial charge >= 0.3 is 6.01 Å². The quantitative estimate of drug-likeness (QED) is 0.367. The van der Waals surface area contributed by atoms with Gasteiger partial charge < -0.3 is 29.4 Å². The summed E-state index contributed by atoms with van der Waals surface area (Å²) < 4.78 is 6.43. The molecule has 3 aliphatic rings. The summed E-state index contributed by atoms with van der Waals surface area (Å²) in [4.78, 5) is 33.6. The molecule has 1 amide bonds. The van der Waals surface area contributed by atoms with Crippen LogP contribution >= 0.6 is 0 Å². The number of carbonyl (C=O) groups is 1. The monoisotopic (exact) mass is 624 g/mol. The molecule has 2 fully saturated rings. The Hall–Kier alpha value is -4.56. The van der Waals surface area contributed by atoms with E-state index in [4.69, 9.17) is 14.7 Å². The number of nitriles is 1. The number of anilines is 3. The van der Waals surface area contributed by atoms with Crippen molar-refractivity contribution in [1.29, 1.82) is 5.26 Å². The number of aromatic hydroxyl groups is 1. The molecule has 3 aliphatic heterocycles. The third-order valence-electron chi connectivity index (χ3n) is 9.57. The van der Waals surface area contributed by atoms with Crippen molar-refractivity contribution in [2.45, 2.75) is 57.8 Å². The average Bonchev–Trinajstić information content (AvgIpc) is 3.47. The van der Waals surface area contributed by atoms with Crippen molar-refractivity contribution >= 4 is 33.9 Å². The Morgan fingerprint density at radius 1 is 1.13 bits per heavy atom. The van der Waals surface area contributed by atoms with E-state index in [2.05, 4.69) is 59.2 Å². The normalized spacial score (nSPS) is 20.5. The van der Waals surface area contributed by atoms with E-state index in [9.17, 15) is 15.2 Å². The highest BCUT2D eigenvalue weighted by atomic mass is 16.5.